The summed E-state index contributed by atoms with van der Waals surface area (Å²) in [5.41, 5.74) is 1.30. The SMILES string of the molecule is O=C(COc1ccc(Br)cc1)Nc1cccc(C(=O)Nc2ccc(F)cc2)c1. The lowest BCUT2D eigenvalue weighted by atomic mass is 10.2. The highest BCUT2D eigenvalue weighted by Crippen LogP contribution is 2.17. The van der Waals surface area contributed by atoms with Crippen LogP contribution in [0.15, 0.2) is 77.3 Å². The molecule has 2 amide bonds. The van der Waals surface area contributed by atoms with Gasteiger partial charge in [-0.3, -0.25) is 9.59 Å². The van der Waals surface area contributed by atoms with Crippen LogP contribution in [0.25, 0.3) is 0 Å². The van der Waals surface area contributed by atoms with Gasteiger partial charge in [0.15, 0.2) is 6.61 Å². The Hall–Kier alpha value is -3.19. The average molecular weight is 443 g/mol. The molecule has 0 spiro atoms. The molecule has 28 heavy (non-hydrogen) atoms. The summed E-state index contributed by atoms with van der Waals surface area (Å²) in [5, 5.41) is 5.36. The fraction of sp³-hybridized carbons (Fsp3) is 0.0476. The van der Waals surface area contributed by atoms with Crippen LogP contribution in [0.1, 0.15) is 10.4 Å². The molecular formula is C21H16BrFN2O3. The van der Waals surface area contributed by atoms with Crippen molar-refractivity contribution in [3.63, 3.8) is 0 Å². The van der Waals surface area contributed by atoms with E-state index in [2.05, 4.69) is 26.6 Å². The number of carbonyl (C=O) groups excluding carboxylic acids is 2. The van der Waals surface area contributed by atoms with Crippen molar-refractivity contribution < 1.29 is 18.7 Å². The Morgan fingerprint density at radius 1 is 0.893 bits per heavy atom. The highest BCUT2D eigenvalue weighted by molar-refractivity contribution is 9.10. The van der Waals surface area contributed by atoms with Crippen LogP contribution in [0.5, 0.6) is 5.75 Å². The summed E-state index contributed by atoms with van der Waals surface area (Å²) in [6.45, 7) is -0.159. The number of halogens is 2. The van der Waals surface area contributed by atoms with E-state index in [1.165, 1.54) is 24.3 Å². The first kappa shape index (κ1) is 19.6. The average Bonchev–Trinajstić information content (AvgIpc) is 2.69. The van der Waals surface area contributed by atoms with Crippen molar-refractivity contribution in [1.29, 1.82) is 0 Å². The number of amides is 2. The molecule has 0 saturated heterocycles. The first-order valence-corrected chi connectivity index (χ1v) is 9.14. The molecular weight excluding hydrogens is 427 g/mol. The Labute approximate surface area is 169 Å². The molecule has 3 rings (SSSR count). The lowest BCUT2D eigenvalue weighted by Crippen LogP contribution is -2.20. The predicted molar refractivity (Wildman–Crippen MR) is 109 cm³/mol. The van der Waals surface area contributed by atoms with E-state index in [-0.39, 0.29) is 24.2 Å². The maximum atomic E-state index is 12.9. The number of benzene rings is 3. The van der Waals surface area contributed by atoms with Gasteiger partial charge in [0.05, 0.1) is 0 Å². The lowest BCUT2D eigenvalue weighted by molar-refractivity contribution is -0.118. The molecule has 5 nitrogen and oxygen atoms in total. The number of ether oxygens (including phenoxy) is 1. The van der Waals surface area contributed by atoms with E-state index in [0.717, 1.165) is 4.47 Å². The van der Waals surface area contributed by atoms with E-state index >= 15 is 0 Å². The van der Waals surface area contributed by atoms with E-state index in [4.69, 9.17) is 4.74 Å². The third-order valence-corrected chi connectivity index (χ3v) is 4.22. The van der Waals surface area contributed by atoms with Crippen molar-refractivity contribution in [2.75, 3.05) is 17.2 Å². The second-order valence-corrected chi connectivity index (χ2v) is 6.75. The maximum absolute atomic E-state index is 12.9. The van der Waals surface area contributed by atoms with E-state index in [1.807, 2.05) is 12.1 Å². The zero-order valence-corrected chi connectivity index (χ0v) is 16.2. The van der Waals surface area contributed by atoms with Gasteiger partial charge in [0.2, 0.25) is 0 Å². The van der Waals surface area contributed by atoms with Gasteiger partial charge in [0, 0.05) is 21.4 Å². The molecule has 0 atom stereocenters. The van der Waals surface area contributed by atoms with Crippen LogP contribution in [0.2, 0.25) is 0 Å². The van der Waals surface area contributed by atoms with Crippen LogP contribution in [0.3, 0.4) is 0 Å². The third-order valence-electron chi connectivity index (χ3n) is 3.69. The fourth-order valence-corrected chi connectivity index (χ4v) is 2.62. The smallest absolute Gasteiger partial charge is 0.262 e. The van der Waals surface area contributed by atoms with Crippen molar-refractivity contribution in [1.82, 2.24) is 0 Å². The third kappa shape index (κ3) is 5.65. The zero-order valence-electron chi connectivity index (χ0n) is 14.6. The minimum atomic E-state index is -0.381. The molecule has 3 aromatic carbocycles. The summed E-state index contributed by atoms with van der Waals surface area (Å²) in [5.74, 6) is -0.522. The molecule has 0 fully saturated rings. The largest absolute Gasteiger partial charge is 0.484 e. The van der Waals surface area contributed by atoms with Gasteiger partial charge in [-0.15, -0.1) is 0 Å². The molecule has 0 saturated carbocycles. The van der Waals surface area contributed by atoms with Gasteiger partial charge in [-0.2, -0.15) is 0 Å². The monoisotopic (exact) mass is 442 g/mol. The number of nitrogens with one attached hydrogen (secondary N) is 2. The van der Waals surface area contributed by atoms with Crippen LogP contribution >= 0.6 is 15.9 Å². The number of hydrogen-bond donors (Lipinski definition) is 2. The van der Waals surface area contributed by atoms with E-state index < -0.39 is 0 Å². The van der Waals surface area contributed by atoms with Gasteiger partial charge >= 0.3 is 0 Å². The first-order valence-electron chi connectivity index (χ1n) is 8.35. The van der Waals surface area contributed by atoms with Gasteiger partial charge in [-0.05, 0) is 66.7 Å². The van der Waals surface area contributed by atoms with Gasteiger partial charge in [-0.1, -0.05) is 22.0 Å². The fourth-order valence-electron chi connectivity index (χ4n) is 2.35. The number of hydrogen-bond acceptors (Lipinski definition) is 3. The Morgan fingerprint density at radius 2 is 1.61 bits per heavy atom. The maximum Gasteiger partial charge on any atom is 0.262 e. The molecule has 7 heteroatoms. The van der Waals surface area contributed by atoms with E-state index in [1.54, 1.807) is 36.4 Å². The summed E-state index contributed by atoms with van der Waals surface area (Å²) < 4.78 is 19.3. The molecule has 0 unspecified atom stereocenters. The minimum Gasteiger partial charge on any atom is -0.484 e. The molecule has 0 bridgehead atoms. The lowest BCUT2D eigenvalue weighted by Gasteiger charge is -2.09. The van der Waals surface area contributed by atoms with E-state index in [9.17, 15) is 14.0 Å². The topological polar surface area (TPSA) is 67.4 Å². The standard InChI is InChI=1S/C21H16BrFN2O3/c22-15-4-10-19(11-5-15)28-13-20(26)24-18-3-1-2-14(12-18)21(27)25-17-8-6-16(23)7-9-17/h1-12H,13H2,(H,24,26)(H,25,27). The molecule has 0 aliphatic carbocycles. The van der Waals surface area contributed by atoms with Gasteiger partial charge in [0.25, 0.3) is 11.8 Å². The zero-order chi connectivity index (χ0) is 19.9. The molecule has 0 radical (unpaired) electrons. The summed E-state index contributed by atoms with van der Waals surface area (Å²) in [4.78, 5) is 24.4. The molecule has 0 aliphatic rings. The molecule has 3 aromatic rings. The molecule has 0 heterocycles. The van der Waals surface area contributed by atoms with Gasteiger partial charge in [-0.25, -0.2) is 4.39 Å². The summed E-state index contributed by atoms with van der Waals surface area (Å²) in [6, 6.07) is 19.1. The molecule has 0 aliphatic heterocycles. The molecule has 2 N–H and O–H groups in total. The van der Waals surface area contributed by atoms with Crippen molar-refractivity contribution >= 4 is 39.1 Å². The van der Waals surface area contributed by atoms with E-state index in [0.29, 0.717) is 22.7 Å². The van der Waals surface area contributed by atoms with Gasteiger partial charge in [0.1, 0.15) is 11.6 Å². The Morgan fingerprint density at radius 3 is 2.32 bits per heavy atom. The normalized spacial score (nSPS) is 10.2. The summed E-state index contributed by atoms with van der Waals surface area (Å²) in [7, 11) is 0. The quantitative estimate of drug-likeness (QED) is 0.572. The molecule has 0 aromatic heterocycles. The highest BCUT2D eigenvalue weighted by Gasteiger charge is 2.09. The van der Waals surface area contributed by atoms with Crippen molar-refractivity contribution in [2.24, 2.45) is 0 Å². The number of carbonyl (C=O) groups is 2. The minimum absolute atomic E-state index is 0.159. The predicted octanol–water partition coefficient (Wildman–Crippen LogP) is 4.86. The highest BCUT2D eigenvalue weighted by atomic mass is 79.9. The second kappa shape index (κ2) is 9.14. The van der Waals surface area contributed by atoms with Crippen LogP contribution < -0.4 is 15.4 Å². The number of anilines is 2. The molecule has 142 valence electrons. The Bertz CT molecular complexity index is 976. The van der Waals surface area contributed by atoms with Crippen LogP contribution in [-0.4, -0.2) is 18.4 Å². The number of rotatable bonds is 6. The summed E-state index contributed by atoms with van der Waals surface area (Å²) in [6.07, 6.45) is 0. The van der Waals surface area contributed by atoms with Crippen LogP contribution in [-0.2, 0) is 4.79 Å². The van der Waals surface area contributed by atoms with Gasteiger partial charge < -0.3 is 15.4 Å². The first-order chi connectivity index (χ1) is 13.5. The van der Waals surface area contributed by atoms with Crippen LogP contribution in [0.4, 0.5) is 15.8 Å². The van der Waals surface area contributed by atoms with Crippen molar-refractivity contribution in [3.05, 3.63) is 88.6 Å². The van der Waals surface area contributed by atoms with Crippen molar-refractivity contribution in [2.45, 2.75) is 0 Å². The van der Waals surface area contributed by atoms with Crippen molar-refractivity contribution in [3.8, 4) is 5.75 Å². The second-order valence-electron chi connectivity index (χ2n) is 5.83. The Kier molecular flexibility index (Phi) is 6.39. The summed E-state index contributed by atoms with van der Waals surface area (Å²) >= 11 is 3.33. The Balaban J connectivity index is 1.57. The van der Waals surface area contributed by atoms with Crippen LogP contribution in [0, 0.1) is 5.82 Å².